The van der Waals surface area contributed by atoms with E-state index < -0.39 is 0 Å². The molecule has 2 bridgehead atoms. The van der Waals surface area contributed by atoms with Gasteiger partial charge in [0.2, 0.25) is 5.88 Å². The van der Waals surface area contributed by atoms with Crippen LogP contribution in [0, 0.1) is 5.82 Å². The molecule has 1 aliphatic heterocycles. The van der Waals surface area contributed by atoms with Gasteiger partial charge in [-0.1, -0.05) is 24.3 Å². The zero-order valence-electron chi connectivity index (χ0n) is 12.4. The van der Waals surface area contributed by atoms with Crippen LogP contribution in [-0.4, -0.2) is 14.2 Å². The van der Waals surface area contributed by atoms with Gasteiger partial charge in [-0.15, -0.1) is 0 Å². The van der Waals surface area contributed by atoms with Crippen LogP contribution in [-0.2, 0) is 0 Å². The first-order valence-corrected chi connectivity index (χ1v) is 7.90. The Bertz CT molecular complexity index is 1020. The molecule has 0 saturated heterocycles. The zero-order valence-corrected chi connectivity index (χ0v) is 12.4. The molecule has 0 radical (unpaired) electrons. The van der Waals surface area contributed by atoms with Crippen LogP contribution in [0.3, 0.4) is 0 Å². The lowest BCUT2D eigenvalue weighted by atomic mass is 10.1. The van der Waals surface area contributed by atoms with Gasteiger partial charge in [0.25, 0.3) is 0 Å². The van der Waals surface area contributed by atoms with Gasteiger partial charge in [-0.25, -0.2) is 13.8 Å². The molecule has 5 rings (SSSR count). The molecule has 116 valence electrons. The van der Waals surface area contributed by atoms with Gasteiger partial charge in [-0.3, -0.25) is 4.57 Å². The second-order valence-electron chi connectivity index (χ2n) is 6.47. The van der Waals surface area contributed by atoms with Gasteiger partial charge in [-0.2, -0.15) is 0 Å². The van der Waals surface area contributed by atoms with Crippen LogP contribution < -0.4 is 5.69 Å². The SMILES string of the molecule is O=c1n(-c2ccc(F)c3ccccc23)c(O)c2n1[C@H]1CC[C@@H]2C1. The number of hydrogen-bond donors (Lipinski definition) is 1. The second-order valence-corrected chi connectivity index (χ2v) is 6.47. The Morgan fingerprint density at radius 2 is 1.87 bits per heavy atom. The van der Waals surface area contributed by atoms with Crippen LogP contribution in [0.5, 0.6) is 5.88 Å². The maximum atomic E-state index is 14.0. The topological polar surface area (TPSA) is 47.2 Å². The third-order valence-corrected chi connectivity index (χ3v) is 5.34. The average Bonchev–Trinajstić information content (AvgIpc) is 3.24. The Balaban J connectivity index is 1.86. The van der Waals surface area contributed by atoms with E-state index in [2.05, 4.69) is 0 Å². The predicted molar refractivity (Wildman–Crippen MR) is 84.8 cm³/mol. The van der Waals surface area contributed by atoms with Gasteiger partial charge >= 0.3 is 5.69 Å². The van der Waals surface area contributed by atoms with E-state index in [-0.39, 0.29) is 29.3 Å². The highest BCUT2D eigenvalue weighted by Gasteiger charge is 2.42. The summed E-state index contributed by atoms with van der Waals surface area (Å²) in [4.78, 5) is 12.9. The summed E-state index contributed by atoms with van der Waals surface area (Å²) >= 11 is 0. The fourth-order valence-corrected chi connectivity index (χ4v) is 4.35. The van der Waals surface area contributed by atoms with Crippen molar-refractivity contribution in [3.05, 3.63) is 58.4 Å². The van der Waals surface area contributed by atoms with Gasteiger partial charge < -0.3 is 5.11 Å². The molecule has 1 saturated carbocycles. The highest BCUT2D eigenvalue weighted by molar-refractivity contribution is 5.90. The third kappa shape index (κ3) is 1.52. The lowest BCUT2D eigenvalue weighted by molar-refractivity contribution is 0.428. The van der Waals surface area contributed by atoms with Crippen molar-refractivity contribution in [2.45, 2.75) is 31.2 Å². The van der Waals surface area contributed by atoms with E-state index in [0.29, 0.717) is 16.5 Å². The quantitative estimate of drug-likeness (QED) is 0.748. The summed E-state index contributed by atoms with van der Waals surface area (Å²) in [5.74, 6) is -0.0525. The highest BCUT2D eigenvalue weighted by Crippen LogP contribution is 2.51. The standard InChI is InChI=1S/C18H15FN2O2/c19-14-7-8-15(13-4-2-1-3-12(13)14)21-17(22)16-10-5-6-11(9-10)20(16)18(21)23/h1-4,7-8,10-11,22H,5-6,9H2/t10-,11+/m1/s1. The number of hydrogen-bond acceptors (Lipinski definition) is 2. The summed E-state index contributed by atoms with van der Waals surface area (Å²) < 4.78 is 17.1. The summed E-state index contributed by atoms with van der Waals surface area (Å²) in [7, 11) is 0. The van der Waals surface area contributed by atoms with Crippen molar-refractivity contribution < 1.29 is 9.50 Å². The molecule has 4 nitrogen and oxygen atoms in total. The van der Waals surface area contributed by atoms with Crippen molar-refractivity contribution in [2.75, 3.05) is 0 Å². The molecule has 1 aliphatic carbocycles. The average molecular weight is 310 g/mol. The Kier molecular flexibility index (Phi) is 2.39. The second kappa shape index (κ2) is 4.25. The van der Waals surface area contributed by atoms with Crippen molar-refractivity contribution in [1.29, 1.82) is 0 Å². The Morgan fingerprint density at radius 1 is 1.09 bits per heavy atom. The van der Waals surface area contributed by atoms with Crippen LogP contribution >= 0.6 is 0 Å². The molecule has 1 fully saturated rings. The summed E-state index contributed by atoms with van der Waals surface area (Å²) in [5.41, 5.74) is 1.06. The molecule has 23 heavy (non-hydrogen) atoms. The van der Waals surface area contributed by atoms with E-state index in [0.717, 1.165) is 25.0 Å². The summed E-state index contributed by atoms with van der Waals surface area (Å²) in [5, 5.41) is 11.8. The van der Waals surface area contributed by atoms with Crippen LogP contribution in [0.4, 0.5) is 4.39 Å². The van der Waals surface area contributed by atoms with Gasteiger partial charge in [-0.05, 0) is 31.4 Å². The van der Waals surface area contributed by atoms with Gasteiger partial charge in [0, 0.05) is 22.7 Å². The zero-order chi connectivity index (χ0) is 15.7. The number of nitrogens with zero attached hydrogens (tertiary/aromatic N) is 2. The number of imidazole rings is 1. The summed E-state index contributed by atoms with van der Waals surface area (Å²) in [6.45, 7) is 0. The van der Waals surface area contributed by atoms with E-state index in [1.165, 1.54) is 10.6 Å². The lowest BCUT2D eigenvalue weighted by Gasteiger charge is -2.11. The van der Waals surface area contributed by atoms with E-state index in [1.54, 1.807) is 34.9 Å². The minimum Gasteiger partial charge on any atom is -0.493 e. The number of halogens is 1. The Morgan fingerprint density at radius 3 is 2.65 bits per heavy atom. The van der Waals surface area contributed by atoms with Crippen molar-refractivity contribution >= 4 is 10.8 Å². The van der Waals surface area contributed by atoms with Crippen molar-refractivity contribution in [3.63, 3.8) is 0 Å². The predicted octanol–water partition coefficient (Wildman–Crippen LogP) is 3.46. The highest BCUT2D eigenvalue weighted by atomic mass is 19.1. The smallest absolute Gasteiger partial charge is 0.336 e. The molecule has 0 unspecified atom stereocenters. The number of aromatic nitrogens is 2. The number of fused-ring (bicyclic) bond motifs is 6. The molecule has 1 N–H and O–H groups in total. The van der Waals surface area contributed by atoms with Crippen LogP contribution in [0.15, 0.2) is 41.2 Å². The minimum absolute atomic E-state index is 0.0129. The molecule has 2 heterocycles. The third-order valence-electron chi connectivity index (χ3n) is 5.34. The van der Waals surface area contributed by atoms with E-state index in [4.69, 9.17) is 0 Å². The van der Waals surface area contributed by atoms with E-state index >= 15 is 0 Å². The Hall–Kier alpha value is -2.56. The van der Waals surface area contributed by atoms with Crippen LogP contribution in [0.25, 0.3) is 16.5 Å². The molecular formula is C18H15FN2O2. The molecule has 0 spiro atoms. The molecule has 1 aromatic heterocycles. The summed E-state index contributed by atoms with van der Waals surface area (Å²) in [6, 6.07) is 10.1. The molecule has 0 amide bonds. The van der Waals surface area contributed by atoms with Crippen LogP contribution in [0.1, 0.15) is 36.9 Å². The van der Waals surface area contributed by atoms with Crippen molar-refractivity contribution in [3.8, 4) is 11.6 Å². The first kappa shape index (κ1) is 12.9. The fraction of sp³-hybridized carbons (Fsp3) is 0.278. The van der Waals surface area contributed by atoms with Gasteiger partial charge in [0.05, 0.1) is 11.4 Å². The molecule has 3 aromatic rings. The summed E-state index contributed by atoms with van der Waals surface area (Å²) in [6.07, 6.45) is 2.96. The molecule has 2 aromatic carbocycles. The Labute approximate surface area is 131 Å². The molecule has 2 atom stereocenters. The maximum Gasteiger partial charge on any atom is 0.336 e. The monoisotopic (exact) mass is 310 g/mol. The lowest BCUT2D eigenvalue weighted by Crippen LogP contribution is -2.25. The van der Waals surface area contributed by atoms with Crippen molar-refractivity contribution in [2.24, 2.45) is 0 Å². The van der Waals surface area contributed by atoms with Gasteiger partial charge in [0.1, 0.15) is 5.82 Å². The van der Waals surface area contributed by atoms with E-state index in [9.17, 15) is 14.3 Å². The van der Waals surface area contributed by atoms with Crippen LogP contribution in [0.2, 0.25) is 0 Å². The fourth-order valence-electron chi connectivity index (χ4n) is 4.35. The molecule has 5 heteroatoms. The van der Waals surface area contributed by atoms with Gasteiger partial charge in [0.15, 0.2) is 0 Å². The first-order chi connectivity index (χ1) is 11.2. The number of rotatable bonds is 1. The molecule has 2 aliphatic rings. The maximum absolute atomic E-state index is 14.0. The minimum atomic E-state index is -0.330. The molecular weight excluding hydrogens is 295 g/mol. The van der Waals surface area contributed by atoms with Crippen molar-refractivity contribution in [1.82, 2.24) is 9.13 Å². The normalized spacial score (nSPS) is 22.0. The largest absolute Gasteiger partial charge is 0.493 e. The number of aromatic hydroxyl groups is 1. The van der Waals surface area contributed by atoms with E-state index in [1.807, 2.05) is 0 Å². The first-order valence-electron chi connectivity index (χ1n) is 7.90. The number of benzene rings is 2.